The van der Waals surface area contributed by atoms with Gasteiger partial charge in [0.05, 0.1) is 13.2 Å². The van der Waals surface area contributed by atoms with Crippen molar-refractivity contribution in [3.63, 3.8) is 0 Å². The van der Waals surface area contributed by atoms with Gasteiger partial charge in [0.15, 0.2) is 6.29 Å². The molecule has 0 unspecified atom stereocenters. The molecule has 2 aliphatic rings. The minimum atomic E-state index is -4.61. The summed E-state index contributed by atoms with van der Waals surface area (Å²) in [5.41, 5.74) is -2.14. The highest BCUT2D eigenvalue weighted by molar-refractivity contribution is 5.32. The topological polar surface area (TPSA) is 124 Å². The number of hydrogen-bond acceptors (Lipinski definition) is 8. The van der Waals surface area contributed by atoms with Gasteiger partial charge in [-0.15, -0.1) is 10.2 Å². The Morgan fingerprint density at radius 1 is 1.04 bits per heavy atom. The minimum absolute atomic E-state index is 0.124. The monoisotopic (exact) mass is 378 g/mol. The number of hydrogen-bond donors (Lipinski definition) is 4. The molecule has 0 bridgehead atoms. The SMILES string of the molecule is OC[C@H]1O[C@H](OCc2ccc(C3(C(F)(F)F)N=N3)cc2)[C@@H](O)[C@@H](O)[C@@H]1O. The molecule has 8 nitrogen and oxygen atoms in total. The molecule has 0 aromatic heterocycles. The highest BCUT2D eigenvalue weighted by atomic mass is 19.4. The average Bonchev–Trinajstić information content (AvgIpc) is 3.41. The van der Waals surface area contributed by atoms with Crippen molar-refractivity contribution in [1.29, 1.82) is 0 Å². The molecule has 0 radical (unpaired) electrons. The molecule has 0 amide bonds. The fourth-order valence-electron chi connectivity index (χ4n) is 2.66. The third kappa shape index (κ3) is 3.33. The lowest BCUT2D eigenvalue weighted by Gasteiger charge is -2.39. The molecule has 5 atom stereocenters. The second-order valence-electron chi connectivity index (χ2n) is 6.08. The summed E-state index contributed by atoms with van der Waals surface area (Å²) in [6.07, 6.45) is -11.7. The van der Waals surface area contributed by atoms with E-state index in [1.807, 2.05) is 0 Å². The first-order valence-electron chi connectivity index (χ1n) is 7.72. The van der Waals surface area contributed by atoms with E-state index >= 15 is 0 Å². The molecule has 1 saturated heterocycles. The van der Waals surface area contributed by atoms with Gasteiger partial charge in [-0.2, -0.15) is 13.2 Å². The summed E-state index contributed by atoms with van der Waals surface area (Å²) in [5.74, 6) is 0. The van der Waals surface area contributed by atoms with Crippen LogP contribution in [-0.4, -0.2) is 63.9 Å². The molecular weight excluding hydrogens is 361 g/mol. The molecule has 0 spiro atoms. The van der Waals surface area contributed by atoms with E-state index in [1.165, 1.54) is 24.3 Å². The highest BCUT2D eigenvalue weighted by Crippen LogP contribution is 2.52. The van der Waals surface area contributed by atoms with E-state index in [-0.39, 0.29) is 12.2 Å². The first-order valence-corrected chi connectivity index (χ1v) is 7.72. The maximum Gasteiger partial charge on any atom is 0.442 e. The Balaban J connectivity index is 1.62. The van der Waals surface area contributed by atoms with Crippen LogP contribution in [0.5, 0.6) is 0 Å². The number of aliphatic hydroxyl groups excluding tert-OH is 4. The van der Waals surface area contributed by atoms with E-state index in [0.29, 0.717) is 5.56 Å². The molecule has 1 aromatic carbocycles. The lowest BCUT2D eigenvalue weighted by molar-refractivity contribution is -0.304. The normalized spacial score (nSPS) is 33.3. The quantitative estimate of drug-likeness (QED) is 0.580. The van der Waals surface area contributed by atoms with Gasteiger partial charge in [-0.05, 0) is 5.56 Å². The number of aliphatic hydroxyl groups is 4. The molecule has 1 aromatic rings. The van der Waals surface area contributed by atoms with Crippen LogP contribution in [0.2, 0.25) is 0 Å². The molecule has 4 N–H and O–H groups in total. The zero-order chi connectivity index (χ0) is 19.1. The van der Waals surface area contributed by atoms with Gasteiger partial charge in [-0.3, -0.25) is 0 Å². The zero-order valence-electron chi connectivity index (χ0n) is 13.2. The van der Waals surface area contributed by atoms with Crippen LogP contribution in [0, 0.1) is 0 Å². The van der Waals surface area contributed by atoms with Crippen molar-refractivity contribution < 1.29 is 43.1 Å². The summed E-state index contributed by atoms with van der Waals surface area (Å²) in [7, 11) is 0. The summed E-state index contributed by atoms with van der Waals surface area (Å²) < 4.78 is 49.3. The zero-order valence-corrected chi connectivity index (χ0v) is 13.2. The lowest BCUT2D eigenvalue weighted by atomic mass is 9.99. The minimum Gasteiger partial charge on any atom is -0.394 e. The summed E-state index contributed by atoms with van der Waals surface area (Å²) in [4.78, 5) is 0. The molecule has 144 valence electrons. The van der Waals surface area contributed by atoms with E-state index < -0.39 is 49.2 Å². The third-order valence-electron chi connectivity index (χ3n) is 4.31. The van der Waals surface area contributed by atoms with Crippen molar-refractivity contribution in [2.75, 3.05) is 6.61 Å². The van der Waals surface area contributed by atoms with Gasteiger partial charge >= 0.3 is 11.8 Å². The van der Waals surface area contributed by atoms with Crippen LogP contribution < -0.4 is 0 Å². The molecule has 11 heteroatoms. The predicted molar refractivity (Wildman–Crippen MR) is 77.6 cm³/mol. The van der Waals surface area contributed by atoms with Crippen LogP contribution in [0.15, 0.2) is 34.5 Å². The van der Waals surface area contributed by atoms with Crippen molar-refractivity contribution in [3.05, 3.63) is 35.4 Å². The predicted octanol–water partition coefficient (Wildman–Crippen LogP) is 0.184. The first kappa shape index (κ1) is 19.1. The van der Waals surface area contributed by atoms with E-state index in [0.717, 1.165) is 0 Å². The van der Waals surface area contributed by atoms with Gasteiger partial charge in [0.25, 0.3) is 0 Å². The molecule has 1 fully saturated rings. The Morgan fingerprint density at radius 3 is 2.15 bits per heavy atom. The molecule has 0 saturated carbocycles. The smallest absolute Gasteiger partial charge is 0.394 e. The summed E-state index contributed by atoms with van der Waals surface area (Å²) in [5, 5.41) is 44.5. The third-order valence-corrected chi connectivity index (χ3v) is 4.31. The van der Waals surface area contributed by atoms with E-state index in [4.69, 9.17) is 14.6 Å². The Bertz CT molecular complexity index is 660. The van der Waals surface area contributed by atoms with E-state index in [9.17, 15) is 28.5 Å². The van der Waals surface area contributed by atoms with E-state index in [2.05, 4.69) is 10.2 Å². The number of benzene rings is 1. The fraction of sp³-hybridized carbons (Fsp3) is 0.600. The van der Waals surface area contributed by atoms with Crippen LogP contribution in [-0.2, 0) is 21.7 Å². The van der Waals surface area contributed by atoms with Crippen LogP contribution in [0.4, 0.5) is 13.2 Å². The van der Waals surface area contributed by atoms with Crippen molar-refractivity contribution in [2.45, 2.75) is 49.2 Å². The number of halogens is 3. The molecular formula is C15H17F3N2O6. The van der Waals surface area contributed by atoms with Crippen LogP contribution in [0.1, 0.15) is 11.1 Å². The maximum atomic E-state index is 12.9. The highest BCUT2D eigenvalue weighted by Gasteiger charge is 2.65. The van der Waals surface area contributed by atoms with Gasteiger partial charge in [0.2, 0.25) is 0 Å². The molecule has 2 heterocycles. The number of ether oxygens (including phenoxy) is 2. The molecule has 3 rings (SSSR count). The molecule has 2 aliphatic heterocycles. The Labute approximate surface area is 145 Å². The summed E-state index contributed by atoms with van der Waals surface area (Å²) >= 11 is 0. The van der Waals surface area contributed by atoms with Crippen molar-refractivity contribution in [1.82, 2.24) is 0 Å². The number of nitrogens with zero attached hydrogens (tertiary/aromatic N) is 2. The lowest BCUT2D eigenvalue weighted by Crippen LogP contribution is -2.59. The summed E-state index contributed by atoms with van der Waals surface area (Å²) in [6, 6.07) is 5.21. The largest absolute Gasteiger partial charge is 0.442 e. The van der Waals surface area contributed by atoms with Crippen molar-refractivity contribution >= 4 is 0 Å². The standard InChI is InChI=1S/C15H17F3N2O6/c16-15(17,18)14(19-20-14)8-3-1-7(2-4-8)6-25-13-12(24)11(23)10(22)9(5-21)26-13/h1-4,9-13,21-24H,5-6H2/t9-,10-,11+,12+,13+/m1/s1. The maximum absolute atomic E-state index is 12.9. The summed E-state index contributed by atoms with van der Waals surface area (Å²) in [6.45, 7) is -0.734. The van der Waals surface area contributed by atoms with Gasteiger partial charge in [0.1, 0.15) is 24.4 Å². The van der Waals surface area contributed by atoms with E-state index in [1.54, 1.807) is 0 Å². The van der Waals surface area contributed by atoms with Gasteiger partial charge in [-0.1, -0.05) is 24.3 Å². The Hall–Kier alpha value is -1.63. The van der Waals surface area contributed by atoms with Crippen molar-refractivity contribution in [3.8, 4) is 0 Å². The van der Waals surface area contributed by atoms with Crippen molar-refractivity contribution in [2.24, 2.45) is 10.2 Å². The Kier molecular flexibility index (Phi) is 5.03. The van der Waals surface area contributed by atoms with Crippen LogP contribution in [0.3, 0.4) is 0 Å². The average molecular weight is 378 g/mol. The Morgan fingerprint density at radius 2 is 1.65 bits per heavy atom. The van der Waals surface area contributed by atoms with Gasteiger partial charge in [-0.25, -0.2) is 0 Å². The second kappa shape index (κ2) is 6.83. The van der Waals surface area contributed by atoms with Crippen LogP contribution >= 0.6 is 0 Å². The second-order valence-corrected chi connectivity index (χ2v) is 6.08. The van der Waals surface area contributed by atoms with Gasteiger partial charge < -0.3 is 29.9 Å². The number of alkyl halides is 3. The fourth-order valence-corrected chi connectivity index (χ4v) is 2.66. The van der Waals surface area contributed by atoms with Gasteiger partial charge in [0, 0.05) is 5.56 Å². The molecule has 26 heavy (non-hydrogen) atoms. The van der Waals surface area contributed by atoms with Crippen LogP contribution in [0.25, 0.3) is 0 Å². The number of rotatable bonds is 5. The molecule has 0 aliphatic carbocycles. The first-order chi connectivity index (χ1) is 12.2.